The molecule has 1 spiro atoms. The van der Waals surface area contributed by atoms with Gasteiger partial charge in [-0.05, 0) is 30.7 Å². The molecule has 2 aliphatic heterocycles. The highest BCUT2D eigenvalue weighted by molar-refractivity contribution is 5.83. The van der Waals surface area contributed by atoms with Crippen molar-refractivity contribution in [2.75, 3.05) is 61.2 Å². The highest BCUT2D eigenvalue weighted by Gasteiger charge is 2.54. The quantitative estimate of drug-likeness (QED) is 0.295. The van der Waals surface area contributed by atoms with Crippen molar-refractivity contribution in [1.29, 1.82) is 0 Å². The Kier molecular flexibility index (Phi) is 9.75. The zero-order valence-corrected chi connectivity index (χ0v) is 23.8. The van der Waals surface area contributed by atoms with E-state index < -0.39 is 5.54 Å². The number of rotatable bonds is 12. The fourth-order valence-corrected chi connectivity index (χ4v) is 5.67. The van der Waals surface area contributed by atoms with Crippen LogP contribution >= 0.6 is 0 Å². The van der Waals surface area contributed by atoms with E-state index in [2.05, 4.69) is 37.3 Å². The number of nitrogens with zero attached hydrogens (tertiary/aromatic N) is 3. The molecule has 0 unspecified atom stereocenters. The molecule has 8 heteroatoms. The fourth-order valence-electron chi connectivity index (χ4n) is 5.67. The second-order valence-electron chi connectivity index (χ2n) is 10.6. The molecule has 2 aliphatic rings. The van der Waals surface area contributed by atoms with Gasteiger partial charge in [-0.2, -0.15) is 0 Å². The summed E-state index contributed by atoms with van der Waals surface area (Å²) < 4.78 is 22.1. The number of ether oxygens (including phenoxy) is 4. The minimum absolute atomic E-state index is 0.0479. The van der Waals surface area contributed by atoms with Crippen LogP contribution in [0.3, 0.4) is 0 Å². The molecule has 2 heterocycles. The molecule has 2 amide bonds. The Labute approximate surface area is 228 Å². The summed E-state index contributed by atoms with van der Waals surface area (Å²) in [5.41, 5.74) is 1.38. The van der Waals surface area contributed by atoms with Crippen LogP contribution in [-0.4, -0.2) is 87.5 Å². The van der Waals surface area contributed by atoms with Crippen molar-refractivity contribution in [2.24, 2.45) is 5.41 Å². The molecule has 0 bridgehead atoms. The summed E-state index contributed by atoms with van der Waals surface area (Å²) in [7, 11) is 6.58. The summed E-state index contributed by atoms with van der Waals surface area (Å²) in [6.45, 7) is 11.8. The smallest absolute Gasteiger partial charge is 0.326 e. The zero-order chi connectivity index (χ0) is 27.9. The number of terminal acetylenes is 1. The predicted molar refractivity (Wildman–Crippen MR) is 150 cm³/mol. The summed E-state index contributed by atoms with van der Waals surface area (Å²) in [6, 6.07) is 3.77. The number of hydrogen-bond acceptors (Lipinski definition) is 6. The van der Waals surface area contributed by atoms with Gasteiger partial charge in [0, 0.05) is 50.6 Å². The Morgan fingerprint density at radius 1 is 1.13 bits per heavy atom. The van der Waals surface area contributed by atoms with E-state index in [1.54, 1.807) is 33.3 Å². The van der Waals surface area contributed by atoms with Gasteiger partial charge in [0.25, 0.3) is 0 Å². The van der Waals surface area contributed by atoms with E-state index in [1.165, 1.54) is 0 Å². The van der Waals surface area contributed by atoms with Crippen LogP contribution in [0.15, 0.2) is 36.6 Å². The first-order chi connectivity index (χ1) is 18.2. The van der Waals surface area contributed by atoms with Gasteiger partial charge in [-0.1, -0.05) is 31.9 Å². The Balaban J connectivity index is 1.96. The largest absolute Gasteiger partial charge is 0.497 e. The lowest BCUT2D eigenvalue weighted by atomic mass is 9.79. The summed E-state index contributed by atoms with van der Waals surface area (Å²) in [6.07, 6.45) is 12.3. The zero-order valence-electron chi connectivity index (χ0n) is 23.8. The monoisotopic (exact) mass is 525 g/mol. The first-order valence-corrected chi connectivity index (χ1v) is 13.1. The number of urea groups is 1. The maximum Gasteiger partial charge on any atom is 0.326 e. The summed E-state index contributed by atoms with van der Waals surface area (Å²) in [5, 5.41) is 0. The second-order valence-corrected chi connectivity index (χ2v) is 10.6. The molecule has 2 fully saturated rings. The van der Waals surface area contributed by atoms with Crippen LogP contribution in [-0.2, 0) is 11.3 Å². The van der Waals surface area contributed by atoms with Gasteiger partial charge in [-0.3, -0.25) is 9.80 Å². The number of benzene rings is 1. The third-order valence-electron chi connectivity index (χ3n) is 7.55. The molecule has 0 saturated carbocycles. The average molecular weight is 526 g/mol. The normalized spacial score (nSPS) is 18.7. The topological polar surface area (TPSA) is 63.7 Å². The summed E-state index contributed by atoms with van der Waals surface area (Å²) in [5.74, 6) is 4.77. The minimum atomic E-state index is -0.447. The number of piperidine rings is 1. The third-order valence-corrected chi connectivity index (χ3v) is 7.55. The van der Waals surface area contributed by atoms with Crippen LogP contribution in [0.5, 0.6) is 17.2 Å². The molecule has 3 rings (SSSR count). The van der Waals surface area contributed by atoms with Crippen molar-refractivity contribution < 1.29 is 23.7 Å². The third kappa shape index (κ3) is 5.95. The Hall–Kier alpha value is -3.15. The van der Waals surface area contributed by atoms with Crippen LogP contribution in [0, 0.1) is 17.8 Å². The van der Waals surface area contributed by atoms with E-state index in [1.807, 2.05) is 23.1 Å². The van der Waals surface area contributed by atoms with E-state index in [0.717, 1.165) is 49.4 Å². The van der Waals surface area contributed by atoms with Gasteiger partial charge in [0.1, 0.15) is 5.75 Å². The molecule has 0 N–H and O–H groups in total. The molecule has 0 atom stereocenters. The second kappa shape index (κ2) is 12.6. The first-order valence-electron chi connectivity index (χ1n) is 13.1. The maximum absolute atomic E-state index is 13.7. The van der Waals surface area contributed by atoms with Crippen molar-refractivity contribution in [3.63, 3.8) is 0 Å². The highest BCUT2D eigenvalue weighted by Crippen LogP contribution is 2.46. The molecule has 38 heavy (non-hydrogen) atoms. The molecule has 0 aliphatic carbocycles. The first kappa shape index (κ1) is 29.4. The fraction of sp³-hybridized carbons (Fsp3) is 0.567. The molecule has 208 valence electrons. The highest BCUT2D eigenvalue weighted by atomic mass is 16.5. The van der Waals surface area contributed by atoms with Crippen molar-refractivity contribution >= 4 is 6.03 Å². The number of carbonyl (C=O) groups excluding carboxylic acids is 1. The molecular weight excluding hydrogens is 482 g/mol. The molecular formula is C30H43N3O5. The summed E-state index contributed by atoms with van der Waals surface area (Å²) in [4.78, 5) is 19.9. The van der Waals surface area contributed by atoms with Gasteiger partial charge < -0.3 is 23.8 Å². The van der Waals surface area contributed by atoms with Crippen LogP contribution in [0.4, 0.5) is 4.79 Å². The van der Waals surface area contributed by atoms with Gasteiger partial charge in [0.2, 0.25) is 0 Å². The molecule has 1 aromatic carbocycles. The average Bonchev–Trinajstić information content (AvgIpc) is 3.09. The van der Waals surface area contributed by atoms with E-state index in [-0.39, 0.29) is 18.0 Å². The van der Waals surface area contributed by atoms with E-state index in [9.17, 15) is 4.79 Å². The molecule has 1 aromatic rings. The predicted octanol–water partition coefficient (Wildman–Crippen LogP) is 4.55. The van der Waals surface area contributed by atoms with Gasteiger partial charge in [-0.15, -0.1) is 13.0 Å². The van der Waals surface area contributed by atoms with Crippen molar-refractivity contribution in [2.45, 2.75) is 45.2 Å². The molecule has 2 saturated heterocycles. The van der Waals surface area contributed by atoms with E-state index >= 15 is 0 Å². The number of likely N-dealkylation sites (tertiary alicyclic amines) is 1. The van der Waals surface area contributed by atoms with Crippen molar-refractivity contribution in [3.05, 3.63) is 42.1 Å². The lowest BCUT2D eigenvalue weighted by Gasteiger charge is -2.45. The van der Waals surface area contributed by atoms with Crippen molar-refractivity contribution in [3.8, 4) is 29.6 Å². The summed E-state index contributed by atoms with van der Waals surface area (Å²) >= 11 is 0. The maximum atomic E-state index is 13.7. The lowest BCUT2D eigenvalue weighted by molar-refractivity contribution is 0.0663. The van der Waals surface area contributed by atoms with Gasteiger partial charge in [0.05, 0.1) is 40.0 Å². The van der Waals surface area contributed by atoms with E-state index in [0.29, 0.717) is 31.2 Å². The number of hydrogen-bond donors (Lipinski definition) is 0. The van der Waals surface area contributed by atoms with Gasteiger partial charge >= 0.3 is 6.03 Å². The standard InChI is InChI=1S/C30H43N3O5/c1-9-11-29(3,4)21-26-30(33(17-18-35-5)28(34)32(26)14-10-2)12-15-31(16-13-30)22-23-19-24(36-6)20-25(37-7)27(23)38-8/h2,9,19-21H,1,11-18,22H2,3-8H3/b26-21-. The molecule has 0 aromatic heterocycles. The number of amides is 2. The Morgan fingerprint density at radius 2 is 1.84 bits per heavy atom. The Bertz CT molecular complexity index is 1070. The number of methoxy groups -OCH3 is 4. The number of carbonyl (C=O) groups is 1. The lowest BCUT2D eigenvalue weighted by Crippen LogP contribution is -2.54. The number of allylic oxidation sites excluding steroid dienone is 2. The minimum Gasteiger partial charge on any atom is -0.497 e. The van der Waals surface area contributed by atoms with Crippen LogP contribution in [0.2, 0.25) is 0 Å². The van der Waals surface area contributed by atoms with Crippen LogP contribution in [0.25, 0.3) is 0 Å². The Morgan fingerprint density at radius 3 is 2.39 bits per heavy atom. The SMILES string of the molecule is C#CCN1C(=O)N(CCOC)C2(CCN(Cc3cc(OC)cc(OC)c3OC)CC2)/C1=C/C(C)(C)CC=C. The van der Waals surface area contributed by atoms with Gasteiger partial charge in [0.15, 0.2) is 11.5 Å². The van der Waals surface area contributed by atoms with Crippen LogP contribution in [0.1, 0.15) is 38.7 Å². The van der Waals surface area contributed by atoms with Gasteiger partial charge in [-0.25, -0.2) is 4.79 Å². The van der Waals surface area contributed by atoms with Crippen molar-refractivity contribution in [1.82, 2.24) is 14.7 Å². The molecule has 8 nitrogen and oxygen atoms in total. The molecule has 0 radical (unpaired) electrons. The van der Waals surface area contributed by atoms with Crippen LogP contribution < -0.4 is 14.2 Å². The van der Waals surface area contributed by atoms with E-state index in [4.69, 9.17) is 25.4 Å².